The molecule has 0 aliphatic rings. The molecule has 2 aromatic carbocycles. The molecule has 4 nitrogen and oxygen atoms in total. The van der Waals surface area contributed by atoms with E-state index in [0.717, 1.165) is 17.1 Å². The molecule has 25 heavy (non-hydrogen) atoms. The molecule has 2 N–H and O–H groups in total. The minimum atomic E-state index is -0.233. The van der Waals surface area contributed by atoms with E-state index in [9.17, 15) is 4.79 Å². The molecule has 2 aromatic rings. The number of carbonyl (C=O) groups excluding carboxylic acids is 1. The molecule has 2 rings (SSSR count). The molecule has 0 fully saturated rings. The van der Waals surface area contributed by atoms with Gasteiger partial charge in [-0.1, -0.05) is 35.3 Å². The number of benzene rings is 2. The molecule has 0 aliphatic carbocycles. The van der Waals surface area contributed by atoms with Crippen LogP contribution < -0.4 is 15.1 Å². The molecule has 0 aliphatic heterocycles. The summed E-state index contributed by atoms with van der Waals surface area (Å²) in [5.74, 6) is -0.0911. The summed E-state index contributed by atoms with van der Waals surface area (Å²) in [6.45, 7) is 2.66. The number of likely N-dealkylation sites (N-methyl/N-ethyl adjacent to an activating group) is 1. The van der Waals surface area contributed by atoms with Gasteiger partial charge in [0.25, 0.3) is 5.91 Å². The molecule has 0 heterocycles. The van der Waals surface area contributed by atoms with Crippen LogP contribution in [-0.2, 0) is 11.3 Å². The second-order valence-corrected chi connectivity index (χ2v) is 7.26. The third-order valence-corrected chi connectivity index (χ3v) is 4.82. The first-order valence-corrected chi connectivity index (χ1v) is 8.88. The van der Waals surface area contributed by atoms with Gasteiger partial charge < -0.3 is 15.1 Å². The first-order chi connectivity index (χ1) is 11.8. The maximum Gasteiger partial charge on any atom is 0.282 e. The lowest BCUT2D eigenvalue weighted by Gasteiger charge is -2.22. The van der Waals surface area contributed by atoms with Crippen molar-refractivity contribution in [2.75, 3.05) is 31.4 Å². The molecule has 0 saturated heterocycles. The van der Waals surface area contributed by atoms with Crippen molar-refractivity contribution in [3.63, 3.8) is 0 Å². The summed E-state index contributed by atoms with van der Waals surface area (Å²) in [5.41, 5.74) is 2.88. The Kier molecular flexibility index (Phi) is 6.71. The molecular weight excluding hydrogens is 357 g/mol. The second-order valence-electron chi connectivity index (χ2n) is 6.42. The number of anilines is 2. The molecule has 0 aromatic heterocycles. The number of carbonyl (C=O) groups is 1. The molecule has 0 spiro atoms. The summed E-state index contributed by atoms with van der Waals surface area (Å²) in [6.07, 6.45) is 0. The minimum Gasteiger partial charge on any atom is -0.378 e. The highest BCUT2D eigenvalue weighted by atomic mass is 35.5. The number of amides is 1. The SMILES string of the molecule is C[C@@H](C(=O)Nc1cc(Cl)ccc1Cl)[NH+](C)Cc1ccc(N(C)C)cc1. The van der Waals surface area contributed by atoms with Crippen molar-refractivity contribution in [2.24, 2.45) is 0 Å². The van der Waals surface area contributed by atoms with E-state index in [-0.39, 0.29) is 11.9 Å². The van der Waals surface area contributed by atoms with Crippen LogP contribution in [0.5, 0.6) is 0 Å². The average Bonchev–Trinajstić information content (AvgIpc) is 2.57. The van der Waals surface area contributed by atoms with Crippen LogP contribution in [0.1, 0.15) is 12.5 Å². The molecule has 0 saturated carbocycles. The monoisotopic (exact) mass is 380 g/mol. The van der Waals surface area contributed by atoms with Gasteiger partial charge in [-0.2, -0.15) is 0 Å². The fraction of sp³-hybridized carbons (Fsp3) is 0.316. The molecule has 0 radical (unpaired) electrons. The molecule has 1 unspecified atom stereocenters. The van der Waals surface area contributed by atoms with Gasteiger partial charge in [-0.05, 0) is 37.3 Å². The third-order valence-electron chi connectivity index (χ3n) is 4.25. The van der Waals surface area contributed by atoms with Crippen LogP contribution in [0.15, 0.2) is 42.5 Å². The Morgan fingerprint density at radius 3 is 2.40 bits per heavy atom. The predicted octanol–water partition coefficient (Wildman–Crippen LogP) is 3.10. The van der Waals surface area contributed by atoms with Crippen LogP contribution in [0.4, 0.5) is 11.4 Å². The van der Waals surface area contributed by atoms with Gasteiger partial charge in [-0.25, -0.2) is 0 Å². The van der Waals surface area contributed by atoms with Gasteiger partial charge in [0.15, 0.2) is 6.04 Å². The number of nitrogens with zero attached hydrogens (tertiary/aromatic N) is 1. The fourth-order valence-electron chi connectivity index (χ4n) is 2.45. The summed E-state index contributed by atoms with van der Waals surface area (Å²) in [7, 11) is 6.03. The van der Waals surface area contributed by atoms with Crippen LogP contribution >= 0.6 is 23.2 Å². The van der Waals surface area contributed by atoms with E-state index < -0.39 is 0 Å². The summed E-state index contributed by atoms with van der Waals surface area (Å²) in [5, 5.41) is 3.87. The smallest absolute Gasteiger partial charge is 0.282 e. The number of rotatable bonds is 6. The Hall–Kier alpha value is -1.75. The number of nitrogens with one attached hydrogen (secondary N) is 2. The van der Waals surface area contributed by atoms with E-state index >= 15 is 0 Å². The van der Waals surface area contributed by atoms with Crippen molar-refractivity contribution in [3.8, 4) is 0 Å². The van der Waals surface area contributed by atoms with Gasteiger partial charge >= 0.3 is 0 Å². The highest BCUT2D eigenvalue weighted by Gasteiger charge is 2.22. The van der Waals surface area contributed by atoms with Gasteiger partial charge in [-0.3, -0.25) is 4.79 Å². The van der Waals surface area contributed by atoms with Crippen molar-refractivity contribution in [2.45, 2.75) is 19.5 Å². The second kappa shape index (κ2) is 8.56. The highest BCUT2D eigenvalue weighted by Crippen LogP contribution is 2.25. The lowest BCUT2D eigenvalue weighted by atomic mass is 10.1. The zero-order chi connectivity index (χ0) is 18.6. The van der Waals surface area contributed by atoms with E-state index in [1.54, 1.807) is 18.2 Å². The van der Waals surface area contributed by atoms with Gasteiger partial charge in [-0.15, -0.1) is 0 Å². The Bertz CT molecular complexity index is 732. The number of quaternary nitrogens is 1. The summed E-state index contributed by atoms with van der Waals surface area (Å²) >= 11 is 12.1. The Balaban J connectivity index is 1.99. The van der Waals surface area contributed by atoms with Gasteiger partial charge in [0.05, 0.1) is 17.8 Å². The summed E-state index contributed by atoms with van der Waals surface area (Å²) in [6, 6.07) is 13.1. The van der Waals surface area contributed by atoms with Gasteiger partial charge in [0, 0.05) is 30.4 Å². The lowest BCUT2D eigenvalue weighted by Crippen LogP contribution is -3.12. The van der Waals surface area contributed by atoms with E-state index in [4.69, 9.17) is 23.2 Å². The topological polar surface area (TPSA) is 36.8 Å². The lowest BCUT2D eigenvalue weighted by molar-refractivity contribution is -0.907. The molecular formula is C19H24Cl2N3O+. The Morgan fingerprint density at radius 1 is 1.16 bits per heavy atom. The molecule has 134 valence electrons. The fourth-order valence-corrected chi connectivity index (χ4v) is 2.78. The predicted molar refractivity (Wildman–Crippen MR) is 106 cm³/mol. The summed E-state index contributed by atoms with van der Waals surface area (Å²) in [4.78, 5) is 15.7. The largest absolute Gasteiger partial charge is 0.378 e. The van der Waals surface area contributed by atoms with Crippen molar-refractivity contribution >= 4 is 40.5 Å². The highest BCUT2D eigenvalue weighted by molar-refractivity contribution is 6.35. The standard InChI is InChI=1S/C19H23Cl2N3O/c1-13(19(25)22-18-11-15(20)7-10-17(18)21)24(4)12-14-5-8-16(9-6-14)23(2)3/h5-11,13H,12H2,1-4H3,(H,22,25)/p+1/t13-/m0/s1. The maximum absolute atomic E-state index is 12.5. The number of hydrogen-bond acceptors (Lipinski definition) is 2. The average molecular weight is 381 g/mol. The van der Waals surface area contributed by atoms with E-state index in [2.05, 4.69) is 34.5 Å². The normalized spacial score (nSPS) is 13.2. The third kappa shape index (κ3) is 5.36. The van der Waals surface area contributed by atoms with Crippen molar-refractivity contribution in [1.29, 1.82) is 0 Å². The van der Waals surface area contributed by atoms with Crippen LogP contribution in [0.3, 0.4) is 0 Å². The van der Waals surface area contributed by atoms with Gasteiger partial charge in [0.1, 0.15) is 6.54 Å². The van der Waals surface area contributed by atoms with Crippen molar-refractivity contribution in [3.05, 3.63) is 58.1 Å². The van der Waals surface area contributed by atoms with Crippen molar-refractivity contribution in [1.82, 2.24) is 0 Å². The zero-order valence-electron chi connectivity index (χ0n) is 14.9. The maximum atomic E-state index is 12.5. The van der Waals surface area contributed by atoms with E-state index in [0.29, 0.717) is 15.7 Å². The quantitative estimate of drug-likeness (QED) is 0.807. The Labute approximate surface area is 159 Å². The number of halogens is 2. The summed E-state index contributed by atoms with van der Waals surface area (Å²) < 4.78 is 0. The minimum absolute atomic E-state index is 0.0911. The van der Waals surface area contributed by atoms with E-state index in [1.807, 2.05) is 28.1 Å². The zero-order valence-corrected chi connectivity index (χ0v) is 16.4. The molecule has 1 amide bonds. The van der Waals surface area contributed by atoms with Crippen LogP contribution in [0.25, 0.3) is 0 Å². The molecule has 6 heteroatoms. The van der Waals surface area contributed by atoms with Crippen LogP contribution in [-0.4, -0.2) is 33.1 Å². The number of hydrogen-bond donors (Lipinski definition) is 2. The first-order valence-electron chi connectivity index (χ1n) is 8.12. The Morgan fingerprint density at radius 2 is 1.80 bits per heavy atom. The van der Waals surface area contributed by atoms with E-state index in [1.165, 1.54) is 5.56 Å². The van der Waals surface area contributed by atoms with Crippen LogP contribution in [0, 0.1) is 0 Å². The first kappa shape index (κ1) is 19.6. The van der Waals surface area contributed by atoms with Crippen molar-refractivity contribution < 1.29 is 9.69 Å². The molecule has 2 atom stereocenters. The molecule has 0 bridgehead atoms. The van der Waals surface area contributed by atoms with Crippen LogP contribution in [0.2, 0.25) is 10.0 Å². The van der Waals surface area contributed by atoms with Gasteiger partial charge in [0.2, 0.25) is 0 Å².